The van der Waals surface area contributed by atoms with Crippen molar-refractivity contribution in [2.24, 2.45) is 0 Å². The maximum absolute atomic E-state index is 8.56. The molecule has 0 saturated heterocycles. The molecule has 1 aromatic heterocycles. The second-order valence-electron chi connectivity index (χ2n) is 5.71. The van der Waals surface area contributed by atoms with E-state index in [1.54, 1.807) is 13.8 Å². The van der Waals surface area contributed by atoms with Crippen molar-refractivity contribution >= 4 is 0 Å². The minimum Gasteiger partial charge on any atom is -0.393 e. The van der Waals surface area contributed by atoms with Crippen LogP contribution in [-0.4, -0.2) is 37.4 Å². The molecule has 0 fully saturated rings. The van der Waals surface area contributed by atoms with Gasteiger partial charge in [0.15, 0.2) is 5.82 Å². The molecular weight excluding hydrogens is 506 g/mol. The molecule has 0 amide bonds. The molecule has 26 heavy (non-hydrogen) atoms. The van der Waals surface area contributed by atoms with Gasteiger partial charge in [-0.1, -0.05) is 30.3 Å². The van der Waals surface area contributed by atoms with E-state index in [-0.39, 0.29) is 32.3 Å². The average molecular weight is 529 g/mol. The summed E-state index contributed by atoms with van der Waals surface area (Å²) >= 11 is 0. The van der Waals surface area contributed by atoms with E-state index < -0.39 is 0 Å². The van der Waals surface area contributed by atoms with E-state index >= 15 is 0 Å². The van der Waals surface area contributed by atoms with E-state index in [9.17, 15) is 0 Å². The quantitative estimate of drug-likeness (QED) is 0.509. The normalized spacial score (nSPS) is 12.2. The molecule has 6 heteroatoms. The van der Waals surface area contributed by atoms with Crippen LogP contribution in [0.15, 0.2) is 60.9 Å². The molecule has 1 radical (unpaired) electrons. The molecule has 1 heterocycles. The first-order valence-electron chi connectivity index (χ1n) is 8.14. The number of rotatable bonds is 4. The molecule has 0 aliphatic carbocycles. The number of nitrogens with zero attached hydrogens (tertiary/aromatic N) is 3. The zero-order valence-electron chi connectivity index (χ0n) is 14.7. The van der Waals surface area contributed by atoms with Gasteiger partial charge in [-0.3, -0.25) is 9.97 Å². The number of aliphatic hydroxyl groups excluding tert-OH is 2. The predicted molar refractivity (Wildman–Crippen MR) is 97.5 cm³/mol. The summed E-state index contributed by atoms with van der Waals surface area (Å²) in [5.41, 5.74) is 1.86. The molecule has 2 atom stereocenters. The van der Waals surface area contributed by atoms with Crippen LogP contribution in [0.2, 0.25) is 0 Å². The molecule has 0 bridgehead atoms. The molecule has 2 unspecified atom stereocenters. The number of benzene rings is 2. The summed E-state index contributed by atoms with van der Waals surface area (Å²) in [6.45, 7) is 3.32. The Balaban J connectivity index is 0.000000366. The molecule has 5 nitrogen and oxygen atoms in total. The van der Waals surface area contributed by atoms with Gasteiger partial charge in [0.25, 0.3) is 0 Å². The van der Waals surface area contributed by atoms with E-state index in [0.29, 0.717) is 18.1 Å². The Morgan fingerprint density at radius 2 is 1.50 bits per heavy atom. The Labute approximate surface area is 167 Å². The number of hydrogen-bond acceptors (Lipinski definition) is 5. The van der Waals surface area contributed by atoms with Crippen molar-refractivity contribution in [3.63, 3.8) is 0 Å². The first-order chi connectivity index (χ1) is 12.1. The molecule has 139 valence electrons. The Morgan fingerprint density at radius 1 is 0.885 bits per heavy atom. The van der Waals surface area contributed by atoms with Gasteiger partial charge in [0.2, 0.25) is 0 Å². The fraction of sp³-hybridized carbons (Fsp3) is 0.250. The zero-order valence-corrected chi connectivity index (χ0v) is 17.1. The van der Waals surface area contributed by atoms with E-state index in [4.69, 9.17) is 10.2 Å². The summed E-state index contributed by atoms with van der Waals surface area (Å²) in [5.74, 6) is 1.32. The van der Waals surface area contributed by atoms with Crippen LogP contribution >= 0.6 is 0 Å². The minimum atomic E-state index is -0.375. The van der Waals surface area contributed by atoms with Crippen LogP contribution < -0.4 is 0 Å². The Hall–Kier alpha value is -1.98. The van der Waals surface area contributed by atoms with Gasteiger partial charge in [-0.15, -0.1) is 35.9 Å². The van der Waals surface area contributed by atoms with Crippen LogP contribution in [0.25, 0.3) is 22.8 Å². The number of hydrogen-bond donors (Lipinski definition) is 2. The zero-order chi connectivity index (χ0) is 18.1. The predicted octanol–water partition coefficient (Wildman–Crippen LogP) is 3.14. The van der Waals surface area contributed by atoms with Gasteiger partial charge in [-0.05, 0) is 20.3 Å². The molecule has 0 spiro atoms. The summed E-state index contributed by atoms with van der Waals surface area (Å²) in [5, 5.41) is 17.1. The van der Waals surface area contributed by atoms with Gasteiger partial charge >= 0.3 is 0 Å². The van der Waals surface area contributed by atoms with Crippen LogP contribution in [0.4, 0.5) is 0 Å². The fourth-order valence-electron chi connectivity index (χ4n) is 2.18. The summed E-state index contributed by atoms with van der Waals surface area (Å²) in [4.78, 5) is 12.8. The van der Waals surface area contributed by atoms with Crippen LogP contribution in [-0.2, 0) is 20.1 Å². The summed E-state index contributed by atoms with van der Waals surface area (Å²) in [6.07, 6.45) is 1.26. The molecule has 3 aromatic rings. The summed E-state index contributed by atoms with van der Waals surface area (Å²) in [6, 6.07) is 20.6. The van der Waals surface area contributed by atoms with Crippen molar-refractivity contribution in [1.82, 2.24) is 15.0 Å². The Kier molecular flexibility index (Phi) is 9.84. The van der Waals surface area contributed by atoms with Gasteiger partial charge in [0.1, 0.15) is 6.33 Å². The van der Waals surface area contributed by atoms with Crippen molar-refractivity contribution < 1.29 is 30.3 Å². The second kappa shape index (κ2) is 11.6. The number of aliphatic hydroxyl groups is 2. The summed E-state index contributed by atoms with van der Waals surface area (Å²) < 4.78 is 0. The van der Waals surface area contributed by atoms with E-state index in [1.807, 2.05) is 54.6 Å². The largest absolute Gasteiger partial charge is 0.393 e. The second-order valence-corrected chi connectivity index (χ2v) is 5.71. The SMILES string of the molecule is CC(O)CC(C)O.[Ir].[c-]1ccccc1-c1ncnc(-c2ccccc2)n1. The standard InChI is InChI=1S/C15H10N3.C5H12O2.Ir/c1-3-7-12(8-4-1)14-16-11-17-15(18-14)13-9-5-2-6-10-13;1-4(6)3-5(2)7;/h1-9,11H;4-7H,3H2,1-2H3;/q-1;;. The molecule has 2 N–H and O–H groups in total. The Bertz CT molecular complexity index is 693. The molecule has 3 rings (SSSR count). The topological polar surface area (TPSA) is 79.1 Å². The number of aromatic nitrogens is 3. The van der Waals surface area contributed by atoms with E-state index in [2.05, 4.69) is 21.0 Å². The maximum atomic E-state index is 8.56. The van der Waals surface area contributed by atoms with Crippen molar-refractivity contribution in [3.05, 3.63) is 67.0 Å². The van der Waals surface area contributed by atoms with Crippen LogP contribution in [0.3, 0.4) is 0 Å². The fourth-order valence-corrected chi connectivity index (χ4v) is 2.18. The van der Waals surface area contributed by atoms with Crippen LogP contribution in [0.1, 0.15) is 20.3 Å². The van der Waals surface area contributed by atoms with Crippen molar-refractivity contribution in [1.29, 1.82) is 0 Å². The molecule has 0 saturated carbocycles. The van der Waals surface area contributed by atoms with Gasteiger partial charge in [-0.2, -0.15) is 0 Å². The Morgan fingerprint density at radius 3 is 2.04 bits per heavy atom. The van der Waals surface area contributed by atoms with Gasteiger partial charge in [0.05, 0.1) is 18.0 Å². The maximum Gasteiger partial charge on any atom is 0.153 e. The van der Waals surface area contributed by atoms with Gasteiger partial charge < -0.3 is 10.2 Å². The third-order valence-electron chi connectivity index (χ3n) is 3.24. The monoisotopic (exact) mass is 529 g/mol. The van der Waals surface area contributed by atoms with Gasteiger partial charge in [0, 0.05) is 25.7 Å². The van der Waals surface area contributed by atoms with E-state index in [1.165, 1.54) is 6.33 Å². The third-order valence-corrected chi connectivity index (χ3v) is 3.24. The molecule has 0 aliphatic rings. The first kappa shape index (κ1) is 22.1. The minimum absolute atomic E-state index is 0. The first-order valence-corrected chi connectivity index (χ1v) is 8.14. The molecular formula is C20H22IrN3O2-. The smallest absolute Gasteiger partial charge is 0.153 e. The van der Waals surface area contributed by atoms with Crippen molar-refractivity contribution in [2.75, 3.05) is 0 Å². The van der Waals surface area contributed by atoms with E-state index in [0.717, 1.165) is 11.1 Å². The summed E-state index contributed by atoms with van der Waals surface area (Å²) in [7, 11) is 0. The van der Waals surface area contributed by atoms with Crippen LogP contribution in [0, 0.1) is 6.07 Å². The van der Waals surface area contributed by atoms with Crippen LogP contribution in [0.5, 0.6) is 0 Å². The molecule has 0 aliphatic heterocycles. The van der Waals surface area contributed by atoms with Gasteiger partial charge in [-0.25, -0.2) is 4.98 Å². The third kappa shape index (κ3) is 7.50. The van der Waals surface area contributed by atoms with Crippen molar-refractivity contribution in [3.8, 4) is 22.8 Å². The molecule has 2 aromatic carbocycles. The average Bonchev–Trinajstić information content (AvgIpc) is 2.63. The van der Waals surface area contributed by atoms with Crippen molar-refractivity contribution in [2.45, 2.75) is 32.5 Å².